The molecule has 0 aromatic carbocycles. The molecule has 0 N–H and O–H groups in total. The molecule has 370 valence electrons. The highest BCUT2D eigenvalue weighted by Gasteiger charge is 2.42. The summed E-state index contributed by atoms with van der Waals surface area (Å²) < 4.78 is 57.5. The lowest BCUT2D eigenvalue weighted by Gasteiger charge is -2.36. The Morgan fingerprint density at radius 3 is 1.31 bits per heavy atom. The third-order valence-electron chi connectivity index (χ3n) is 13.3. The zero-order valence-corrected chi connectivity index (χ0v) is 47.6. The smallest absolute Gasteiger partial charge is 0.191 e. The van der Waals surface area contributed by atoms with E-state index in [4.69, 9.17) is 42.3 Å². The Labute approximate surface area is 388 Å². The van der Waals surface area contributed by atoms with Crippen LogP contribution in [0.15, 0.2) is 0 Å². The van der Waals surface area contributed by atoms with E-state index < -0.39 is 32.5 Å². The Hall–Kier alpha value is 0.508. The van der Waals surface area contributed by atoms with Crippen LogP contribution >= 0.6 is 0 Å². The molecule has 0 spiro atoms. The van der Waals surface area contributed by atoms with E-state index in [2.05, 4.69) is 99.7 Å². The van der Waals surface area contributed by atoms with Crippen molar-refractivity contribution < 1.29 is 42.3 Å². The molecule has 0 saturated carbocycles. The van der Waals surface area contributed by atoms with Crippen LogP contribution in [0.3, 0.4) is 0 Å². The lowest BCUT2D eigenvalue weighted by Crippen LogP contribution is -2.40. The van der Waals surface area contributed by atoms with Crippen molar-refractivity contribution in [2.24, 2.45) is 0 Å². The van der Waals surface area contributed by atoms with Gasteiger partial charge in [0.1, 0.15) is 20.4 Å². The van der Waals surface area contributed by atoms with Crippen LogP contribution in [0.25, 0.3) is 0 Å². The van der Waals surface area contributed by atoms with Gasteiger partial charge in [0.2, 0.25) is 0 Å². The van der Waals surface area contributed by atoms with E-state index in [-0.39, 0.29) is 47.8 Å². The van der Waals surface area contributed by atoms with Gasteiger partial charge in [-0.1, -0.05) is 132 Å². The Bertz CT molecular complexity index is 1120. The SMILES string of the molecule is CCCC[C@@H](CCCCC[C@@H](OCOCC[Si](C)(C)C)[C@H]1CC[C@H]([C@H]2CC[C@H]([C@@H](CCCCCO[Si](C)(C)C(C)(C)C)OCOCC[Si](C)(C)C)O2)O1)OCOCC[Si](C)(C)C. The molecule has 0 unspecified atom stereocenters. The molecule has 62 heavy (non-hydrogen) atoms. The average molecular weight is 950 g/mol. The normalized spacial score (nSPS) is 22.1. The van der Waals surface area contributed by atoms with Gasteiger partial charge >= 0.3 is 0 Å². The molecule has 2 saturated heterocycles. The fourth-order valence-corrected chi connectivity index (χ4v) is 11.1. The van der Waals surface area contributed by atoms with Gasteiger partial charge in [-0.25, -0.2) is 0 Å². The van der Waals surface area contributed by atoms with Crippen LogP contribution in [0.5, 0.6) is 0 Å². The highest BCUT2D eigenvalue weighted by atomic mass is 28.4. The van der Waals surface area contributed by atoms with Crippen LogP contribution in [0.1, 0.15) is 130 Å². The minimum Gasteiger partial charge on any atom is -0.417 e. The Kier molecular flexibility index (Phi) is 28.5. The van der Waals surface area contributed by atoms with Crippen molar-refractivity contribution >= 4 is 32.5 Å². The summed E-state index contributed by atoms with van der Waals surface area (Å²) >= 11 is 0. The van der Waals surface area contributed by atoms with Crippen LogP contribution in [0.2, 0.25) is 95.2 Å². The minimum absolute atomic E-state index is 0.0287. The maximum Gasteiger partial charge on any atom is 0.191 e. The minimum atomic E-state index is -1.72. The third-order valence-corrected chi connectivity index (χ3v) is 23.0. The fraction of sp³-hybridized carbons (Fsp3) is 1.00. The molecule has 2 fully saturated rings. The molecular formula is C49H104O9Si4. The Balaban J connectivity index is 1.94. The van der Waals surface area contributed by atoms with Crippen molar-refractivity contribution in [3.05, 3.63) is 0 Å². The molecule has 9 nitrogen and oxygen atoms in total. The molecule has 0 aromatic rings. The third kappa shape index (κ3) is 27.4. The standard InChI is InChI=1S/C49H104O9Si4/c1-16-17-24-42(53-39-50-33-36-59(5,6)7)25-20-18-21-26-43(54-40-51-34-37-60(8,9)10)45-28-30-47(57-45)48-31-29-46(58-48)44(55-41-52-35-38-61(11,12)13)27-22-19-23-32-56-62(14,15)49(2,3)4/h42-48H,16-41H2,1-15H3/t42-,43+,44+,45+,46+,47+,48+/m0/s1. The molecule has 0 aromatic heterocycles. The largest absolute Gasteiger partial charge is 0.417 e. The van der Waals surface area contributed by atoms with Crippen molar-refractivity contribution in [2.45, 2.75) is 268 Å². The van der Waals surface area contributed by atoms with Gasteiger partial charge in [0.15, 0.2) is 8.32 Å². The van der Waals surface area contributed by atoms with E-state index in [1.165, 1.54) is 18.9 Å². The first kappa shape index (κ1) is 58.6. The maximum absolute atomic E-state index is 6.89. The molecule has 2 aliphatic rings. The number of unbranched alkanes of at least 4 members (excludes halogenated alkanes) is 5. The zero-order valence-electron chi connectivity index (χ0n) is 43.6. The highest BCUT2D eigenvalue weighted by Crippen LogP contribution is 2.38. The topological polar surface area (TPSA) is 83.1 Å². The van der Waals surface area contributed by atoms with E-state index in [0.29, 0.717) is 20.4 Å². The van der Waals surface area contributed by atoms with Gasteiger partial charge in [-0.05, 0) is 94.1 Å². The maximum atomic E-state index is 6.89. The summed E-state index contributed by atoms with van der Waals surface area (Å²) in [7, 11) is -5.13. The highest BCUT2D eigenvalue weighted by molar-refractivity contribution is 6.77. The van der Waals surface area contributed by atoms with Crippen molar-refractivity contribution in [1.82, 2.24) is 0 Å². The molecule has 0 radical (unpaired) electrons. The van der Waals surface area contributed by atoms with Gasteiger partial charge in [-0.3, -0.25) is 0 Å². The van der Waals surface area contributed by atoms with Crippen molar-refractivity contribution in [1.29, 1.82) is 0 Å². The summed E-state index contributed by atoms with van der Waals surface area (Å²) in [6, 6.07) is 3.48. The number of hydrogen-bond acceptors (Lipinski definition) is 9. The molecule has 0 aliphatic carbocycles. The van der Waals surface area contributed by atoms with E-state index in [1.54, 1.807) is 0 Å². The predicted octanol–water partition coefficient (Wildman–Crippen LogP) is 13.9. The summed E-state index contributed by atoms with van der Waals surface area (Å²) in [6.07, 6.45) is 18.0. The summed E-state index contributed by atoms with van der Waals surface area (Å²) in [4.78, 5) is 0. The summed E-state index contributed by atoms with van der Waals surface area (Å²) in [5.41, 5.74) is 0. The van der Waals surface area contributed by atoms with Crippen LogP contribution in [0.4, 0.5) is 0 Å². The summed E-state index contributed by atoms with van der Waals surface area (Å²) in [5.74, 6) is 0. The molecular weight excluding hydrogens is 845 g/mol. The van der Waals surface area contributed by atoms with Crippen molar-refractivity contribution in [3.8, 4) is 0 Å². The van der Waals surface area contributed by atoms with Crippen molar-refractivity contribution in [3.63, 3.8) is 0 Å². The molecule has 13 heteroatoms. The second-order valence-electron chi connectivity index (χ2n) is 24.0. The van der Waals surface area contributed by atoms with E-state index in [1.807, 2.05) is 0 Å². The van der Waals surface area contributed by atoms with Gasteiger partial charge in [-0.2, -0.15) is 0 Å². The first-order valence-corrected chi connectivity index (χ1v) is 39.6. The molecule has 2 aliphatic heterocycles. The molecule has 2 heterocycles. The Morgan fingerprint density at radius 2 is 0.887 bits per heavy atom. The molecule has 2 rings (SSSR count). The van der Waals surface area contributed by atoms with Gasteiger partial charge in [0.25, 0.3) is 0 Å². The molecule has 0 amide bonds. The quantitative estimate of drug-likeness (QED) is 0.0343. The second-order valence-corrected chi connectivity index (χ2v) is 45.7. The fourth-order valence-electron chi connectivity index (χ4n) is 7.76. The molecule has 0 bridgehead atoms. The predicted molar refractivity (Wildman–Crippen MR) is 272 cm³/mol. The first-order chi connectivity index (χ1) is 29.0. The van der Waals surface area contributed by atoms with Crippen molar-refractivity contribution in [2.75, 3.05) is 46.8 Å². The van der Waals surface area contributed by atoms with E-state index >= 15 is 0 Å². The Morgan fingerprint density at radius 1 is 0.484 bits per heavy atom. The number of rotatable bonds is 37. The van der Waals surface area contributed by atoms with Gasteiger partial charge in [0.05, 0.1) is 42.7 Å². The second kappa shape index (κ2) is 30.1. The van der Waals surface area contributed by atoms with Crippen LogP contribution in [-0.2, 0) is 42.3 Å². The van der Waals surface area contributed by atoms with Gasteiger partial charge in [-0.15, -0.1) is 0 Å². The lowest BCUT2D eigenvalue weighted by molar-refractivity contribution is -0.162. The summed E-state index contributed by atoms with van der Waals surface area (Å²) in [6.45, 7) is 39.7. The summed E-state index contributed by atoms with van der Waals surface area (Å²) in [5, 5.41) is 0.243. The van der Waals surface area contributed by atoms with Crippen LogP contribution in [0, 0.1) is 0 Å². The number of hydrogen-bond donors (Lipinski definition) is 0. The van der Waals surface area contributed by atoms with Crippen LogP contribution in [-0.4, -0.2) is 122 Å². The first-order valence-electron chi connectivity index (χ1n) is 25.5. The van der Waals surface area contributed by atoms with Gasteiger partial charge in [0, 0.05) is 50.6 Å². The van der Waals surface area contributed by atoms with Crippen LogP contribution < -0.4 is 0 Å². The van der Waals surface area contributed by atoms with E-state index in [0.717, 1.165) is 128 Å². The molecule has 7 atom stereocenters. The monoisotopic (exact) mass is 949 g/mol. The average Bonchev–Trinajstić information content (AvgIpc) is 3.85. The van der Waals surface area contributed by atoms with E-state index in [9.17, 15) is 0 Å². The zero-order chi connectivity index (χ0) is 46.3. The number of ether oxygens (including phenoxy) is 8. The lowest BCUT2D eigenvalue weighted by atomic mass is 10.00. The van der Waals surface area contributed by atoms with Gasteiger partial charge < -0.3 is 42.3 Å².